The highest BCUT2D eigenvalue weighted by Gasteiger charge is 2.21. The Morgan fingerprint density at radius 3 is 2.74 bits per heavy atom. The molecular formula is C13H12FN5O4. The summed E-state index contributed by atoms with van der Waals surface area (Å²) in [6.07, 6.45) is 1.02. The highest BCUT2D eigenvalue weighted by atomic mass is 19.1. The third-order valence-electron chi connectivity index (χ3n) is 2.65. The van der Waals surface area contributed by atoms with Gasteiger partial charge in [-0.3, -0.25) is 24.4 Å². The van der Waals surface area contributed by atoms with E-state index < -0.39 is 28.2 Å². The van der Waals surface area contributed by atoms with Crippen LogP contribution in [0, 0.1) is 15.9 Å². The van der Waals surface area contributed by atoms with Gasteiger partial charge in [0.1, 0.15) is 18.6 Å². The Bertz CT molecular complexity index is 773. The Morgan fingerprint density at radius 1 is 1.39 bits per heavy atom. The number of hydrogen-bond acceptors (Lipinski definition) is 5. The fourth-order valence-electron chi connectivity index (χ4n) is 1.80. The number of rotatable bonds is 5. The smallest absolute Gasteiger partial charge is 0.324 e. The number of anilines is 2. The van der Waals surface area contributed by atoms with E-state index in [0.29, 0.717) is 0 Å². The molecule has 2 N–H and O–H groups in total. The minimum Gasteiger partial charge on any atom is -0.324 e. The molecule has 0 spiro atoms. The number of nitro groups is 1. The van der Waals surface area contributed by atoms with Crippen molar-refractivity contribution in [2.45, 2.75) is 13.5 Å². The first kappa shape index (κ1) is 16.1. The number of aromatic nitrogens is 2. The van der Waals surface area contributed by atoms with Gasteiger partial charge >= 0.3 is 5.69 Å². The van der Waals surface area contributed by atoms with Crippen molar-refractivity contribution in [3.63, 3.8) is 0 Å². The van der Waals surface area contributed by atoms with Crippen LogP contribution >= 0.6 is 0 Å². The number of halogens is 1. The minimum atomic E-state index is -0.723. The lowest BCUT2D eigenvalue weighted by Crippen LogP contribution is -2.19. The van der Waals surface area contributed by atoms with Crippen molar-refractivity contribution in [3.8, 4) is 0 Å². The van der Waals surface area contributed by atoms with Crippen molar-refractivity contribution in [2.75, 3.05) is 10.6 Å². The van der Waals surface area contributed by atoms with Gasteiger partial charge in [-0.2, -0.15) is 0 Å². The number of nitrogens with zero attached hydrogens (tertiary/aromatic N) is 3. The van der Waals surface area contributed by atoms with E-state index in [1.807, 2.05) is 0 Å². The largest absolute Gasteiger partial charge is 0.331 e. The van der Waals surface area contributed by atoms with Gasteiger partial charge in [0.2, 0.25) is 17.6 Å². The molecule has 1 heterocycles. The maximum atomic E-state index is 13.0. The Balaban J connectivity index is 2.11. The highest BCUT2D eigenvalue weighted by molar-refractivity contribution is 5.91. The molecule has 0 saturated heterocycles. The van der Waals surface area contributed by atoms with Crippen molar-refractivity contribution in [1.82, 2.24) is 9.78 Å². The van der Waals surface area contributed by atoms with E-state index in [1.165, 1.54) is 25.1 Å². The quantitative estimate of drug-likeness (QED) is 0.639. The molecule has 0 atom stereocenters. The van der Waals surface area contributed by atoms with Crippen molar-refractivity contribution < 1.29 is 18.9 Å². The molecule has 0 fully saturated rings. The second kappa shape index (κ2) is 6.64. The summed E-state index contributed by atoms with van der Waals surface area (Å²) in [7, 11) is 0. The van der Waals surface area contributed by atoms with Crippen LogP contribution in [0.2, 0.25) is 0 Å². The summed E-state index contributed by atoms with van der Waals surface area (Å²) in [5.74, 6) is -1.84. The van der Waals surface area contributed by atoms with Crippen LogP contribution in [-0.2, 0) is 16.1 Å². The summed E-state index contributed by atoms with van der Waals surface area (Å²) >= 11 is 0. The van der Waals surface area contributed by atoms with E-state index in [1.54, 1.807) is 0 Å². The number of carbonyl (C=O) groups is 2. The molecule has 23 heavy (non-hydrogen) atoms. The molecule has 120 valence electrons. The third-order valence-corrected chi connectivity index (χ3v) is 2.65. The summed E-state index contributed by atoms with van der Waals surface area (Å²) < 4.78 is 14.0. The van der Waals surface area contributed by atoms with E-state index in [4.69, 9.17) is 0 Å². The summed E-state index contributed by atoms with van der Waals surface area (Å²) in [5.41, 5.74) is -0.183. The van der Waals surface area contributed by atoms with Crippen LogP contribution in [0.4, 0.5) is 21.6 Å². The van der Waals surface area contributed by atoms with Gasteiger partial charge in [-0.05, 0) is 18.2 Å². The van der Waals surface area contributed by atoms with Crippen molar-refractivity contribution >= 4 is 29.0 Å². The predicted octanol–water partition coefficient (Wildman–Crippen LogP) is 1.53. The summed E-state index contributed by atoms with van der Waals surface area (Å²) in [5, 5.41) is 19.3. The minimum absolute atomic E-state index is 0.249. The Morgan fingerprint density at radius 2 is 2.13 bits per heavy atom. The lowest BCUT2D eigenvalue weighted by Gasteiger charge is -2.05. The molecule has 0 bridgehead atoms. The molecule has 0 aliphatic carbocycles. The van der Waals surface area contributed by atoms with Gasteiger partial charge in [0, 0.05) is 12.6 Å². The molecule has 0 aliphatic heterocycles. The molecule has 2 amide bonds. The predicted molar refractivity (Wildman–Crippen MR) is 78.2 cm³/mol. The highest BCUT2D eigenvalue weighted by Crippen LogP contribution is 2.22. The third kappa shape index (κ3) is 4.33. The van der Waals surface area contributed by atoms with E-state index >= 15 is 0 Å². The number of benzene rings is 1. The summed E-state index contributed by atoms with van der Waals surface area (Å²) in [6.45, 7) is 0.844. The molecule has 0 radical (unpaired) electrons. The van der Waals surface area contributed by atoms with Crippen LogP contribution in [0.5, 0.6) is 0 Å². The lowest BCUT2D eigenvalue weighted by molar-refractivity contribution is -0.384. The Kier molecular flexibility index (Phi) is 4.64. The molecule has 9 nitrogen and oxygen atoms in total. The zero-order chi connectivity index (χ0) is 17.0. The zero-order valence-corrected chi connectivity index (χ0v) is 11.9. The van der Waals surface area contributed by atoms with Crippen molar-refractivity contribution in [3.05, 3.63) is 46.4 Å². The van der Waals surface area contributed by atoms with Crippen LogP contribution in [0.25, 0.3) is 0 Å². The number of hydrogen-bond donors (Lipinski definition) is 2. The molecule has 10 heteroatoms. The van der Waals surface area contributed by atoms with Crippen LogP contribution in [0.15, 0.2) is 30.5 Å². The average molecular weight is 321 g/mol. The summed E-state index contributed by atoms with van der Waals surface area (Å²) in [6, 6.07) is 5.28. The first-order valence-corrected chi connectivity index (χ1v) is 6.40. The number of carbonyl (C=O) groups excluding carboxylic acids is 2. The average Bonchev–Trinajstić information content (AvgIpc) is 2.80. The molecule has 1 aromatic carbocycles. The van der Waals surface area contributed by atoms with Gasteiger partial charge in [-0.15, -0.1) is 5.10 Å². The second-order valence-electron chi connectivity index (χ2n) is 4.56. The van der Waals surface area contributed by atoms with Gasteiger partial charge in [0.15, 0.2) is 0 Å². The number of amides is 2. The summed E-state index contributed by atoms with van der Waals surface area (Å²) in [4.78, 5) is 33.0. The number of nitrogens with one attached hydrogen (secondary N) is 2. The SMILES string of the molecule is CC(=O)Nc1nn(CC(=O)Nc2cccc(F)c2)cc1[N+](=O)[O-]. The molecule has 0 saturated carbocycles. The van der Waals surface area contributed by atoms with Gasteiger partial charge in [0.25, 0.3) is 0 Å². The fraction of sp³-hybridized carbons (Fsp3) is 0.154. The van der Waals surface area contributed by atoms with Gasteiger partial charge in [-0.25, -0.2) is 4.39 Å². The molecule has 1 aromatic heterocycles. The van der Waals surface area contributed by atoms with Gasteiger partial charge < -0.3 is 10.6 Å². The monoisotopic (exact) mass is 321 g/mol. The first-order chi connectivity index (χ1) is 10.8. The van der Waals surface area contributed by atoms with E-state index in [-0.39, 0.29) is 18.1 Å². The first-order valence-electron chi connectivity index (χ1n) is 6.40. The molecule has 2 rings (SSSR count). The van der Waals surface area contributed by atoms with E-state index in [2.05, 4.69) is 15.7 Å². The topological polar surface area (TPSA) is 119 Å². The Hall–Kier alpha value is -3.30. The molecular weight excluding hydrogens is 309 g/mol. The van der Waals surface area contributed by atoms with Crippen LogP contribution < -0.4 is 10.6 Å². The maximum Gasteiger partial charge on any atom is 0.331 e. The van der Waals surface area contributed by atoms with Gasteiger partial charge in [0.05, 0.1) is 4.92 Å². The second-order valence-corrected chi connectivity index (χ2v) is 4.56. The van der Waals surface area contributed by atoms with Crippen molar-refractivity contribution in [1.29, 1.82) is 0 Å². The van der Waals surface area contributed by atoms with Gasteiger partial charge in [-0.1, -0.05) is 6.07 Å². The lowest BCUT2D eigenvalue weighted by atomic mass is 10.3. The molecule has 0 unspecified atom stereocenters. The fourth-order valence-corrected chi connectivity index (χ4v) is 1.80. The molecule has 2 aromatic rings. The standard InChI is InChI=1S/C13H12FN5O4/c1-8(20)15-13-11(19(22)23)6-18(17-13)7-12(21)16-10-4-2-3-9(14)5-10/h2-6H,7H2,1H3,(H,16,21)(H,15,17,20). The zero-order valence-electron chi connectivity index (χ0n) is 11.9. The van der Waals surface area contributed by atoms with E-state index in [0.717, 1.165) is 16.9 Å². The van der Waals surface area contributed by atoms with Crippen LogP contribution in [0.1, 0.15) is 6.92 Å². The molecule has 0 aliphatic rings. The maximum absolute atomic E-state index is 13.0. The van der Waals surface area contributed by atoms with E-state index in [9.17, 15) is 24.1 Å². The van der Waals surface area contributed by atoms with Crippen LogP contribution in [0.3, 0.4) is 0 Å². The Labute approximate surface area is 129 Å². The normalized spacial score (nSPS) is 10.2. The van der Waals surface area contributed by atoms with Crippen molar-refractivity contribution in [2.24, 2.45) is 0 Å². The van der Waals surface area contributed by atoms with Crippen LogP contribution in [-0.4, -0.2) is 26.5 Å².